The van der Waals surface area contributed by atoms with Crippen molar-refractivity contribution >= 4 is 17.3 Å². The summed E-state index contributed by atoms with van der Waals surface area (Å²) < 4.78 is 0. The minimum Gasteiger partial charge on any atom is -0.256 e. The summed E-state index contributed by atoms with van der Waals surface area (Å²) in [4.78, 5) is 4.64. The molecule has 16 heavy (non-hydrogen) atoms. The Morgan fingerprint density at radius 2 is 1.94 bits per heavy atom. The number of hydrogen-bond donors (Lipinski definition) is 0. The quantitative estimate of drug-likeness (QED) is 0.652. The maximum Gasteiger partial charge on any atom is 0.0646 e. The Bertz CT molecular complexity index is 458. The number of benzene rings is 1. The molecule has 1 aliphatic heterocycles. The van der Waals surface area contributed by atoms with Crippen molar-refractivity contribution < 1.29 is 0 Å². The van der Waals surface area contributed by atoms with E-state index in [1.807, 2.05) is 0 Å². The second kappa shape index (κ2) is 4.84. The second-order valence-corrected chi connectivity index (χ2v) is 4.48. The van der Waals surface area contributed by atoms with Gasteiger partial charge in [-0.3, -0.25) is 4.99 Å². The van der Waals surface area contributed by atoms with Gasteiger partial charge in [0.2, 0.25) is 0 Å². The molecule has 0 N–H and O–H groups in total. The van der Waals surface area contributed by atoms with E-state index in [0.29, 0.717) is 5.88 Å². The number of halogens is 1. The van der Waals surface area contributed by atoms with Crippen molar-refractivity contribution in [3.63, 3.8) is 0 Å². The molecule has 0 spiro atoms. The first-order chi connectivity index (χ1) is 7.72. The van der Waals surface area contributed by atoms with Gasteiger partial charge in [0, 0.05) is 5.71 Å². The summed E-state index contributed by atoms with van der Waals surface area (Å²) in [6, 6.07) is 8.49. The van der Waals surface area contributed by atoms with E-state index in [4.69, 9.17) is 11.6 Å². The highest BCUT2D eigenvalue weighted by atomic mass is 35.5. The van der Waals surface area contributed by atoms with Crippen LogP contribution in [0.3, 0.4) is 0 Å². The minimum absolute atomic E-state index is 0.505. The van der Waals surface area contributed by atoms with Crippen LogP contribution in [0.15, 0.2) is 40.5 Å². The van der Waals surface area contributed by atoms with Crippen LogP contribution >= 0.6 is 11.6 Å². The number of nitrogens with zero attached hydrogens (tertiary/aromatic N) is 1. The Hall–Kier alpha value is -1.08. The molecule has 1 nitrogen and oxygen atoms in total. The Morgan fingerprint density at radius 1 is 1.19 bits per heavy atom. The number of fused-ring (bicyclic) bond motifs is 1. The molecule has 0 aliphatic carbocycles. The average molecular weight is 234 g/mol. The van der Waals surface area contributed by atoms with Crippen LogP contribution in [0.5, 0.6) is 0 Å². The first-order valence-electron chi connectivity index (χ1n) is 5.60. The third-order valence-electron chi connectivity index (χ3n) is 3.10. The maximum atomic E-state index is 5.93. The third-order valence-corrected chi connectivity index (χ3v) is 3.35. The molecule has 2 rings (SSSR count). The molecular formula is C14H16ClN. The van der Waals surface area contributed by atoms with Crippen LogP contribution in [0.2, 0.25) is 0 Å². The molecule has 0 aromatic heterocycles. The van der Waals surface area contributed by atoms with Crippen LogP contribution in [-0.2, 0) is 6.42 Å². The summed E-state index contributed by atoms with van der Waals surface area (Å²) in [6.07, 6.45) is 2.13. The van der Waals surface area contributed by atoms with E-state index in [1.165, 1.54) is 16.7 Å². The fourth-order valence-corrected chi connectivity index (χ4v) is 2.35. The molecule has 0 radical (unpaired) electrons. The molecule has 2 heteroatoms. The third kappa shape index (κ3) is 2.19. The van der Waals surface area contributed by atoms with Crippen LogP contribution in [-0.4, -0.2) is 11.6 Å². The lowest BCUT2D eigenvalue weighted by Gasteiger charge is -2.15. The van der Waals surface area contributed by atoms with Crippen LogP contribution in [0.1, 0.15) is 31.4 Å². The summed E-state index contributed by atoms with van der Waals surface area (Å²) in [6.45, 7) is 4.19. The predicted octanol–water partition coefficient (Wildman–Crippen LogP) is 3.95. The molecule has 0 unspecified atom stereocenters. The molecule has 0 saturated carbocycles. The zero-order valence-corrected chi connectivity index (χ0v) is 10.5. The summed E-state index contributed by atoms with van der Waals surface area (Å²) in [7, 11) is 0. The molecule has 1 aromatic rings. The van der Waals surface area contributed by atoms with Gasteiger partial charge in [-0.25, -0.2) is 0 Å². The molecule has 0 atom stereocenters. The monoisotopic (exact) mass is 233 g/mol. The lowest BCUT2D eigenvalue weighted by Crippen LogP contribution is -2.06. The zero-order chi connectivity index (χ0) is 11.5. The number of alkyl halides is 1. The van der Waals surface area contributed by atoms with Crippen molar-refractivity contribution in [1.82, 2.24) is 0 Å². The topological polar surface area (TPSA) is 12.4 Å². The van der Waals surface area contributed by atoms with Crippen LogP contribution < -0.4 is 0 Å². The van der Waals surface area contributed by atoms with Crippen molar-refractivity contribution in [1.29, 1.82) is 0 Å². The summed E-state index contributed by atoms with van der Waals surface area (Å²) >= 11 is 5.93. The van der Waals surface area contributed by atoms with E-state index in [-0.39, 0.29) is 0 Å². The number of allylic oxidation sites excluding steroid dienone is 2. The Labute approximate surface area is 102 Å². The highest BCUT2D eigenvalue weighted by Crippen LogP contribution is 2.22. The predicted molar refractivity (Wildman–Crippen MR) is 70.4 cm³/mol. The first-order valence-corrected chi connectivity index (χ1v) is 6.14. The van der Waals surface area contributed by atoms with Crippen molar-refractivity contribution in [3.8, 4) is 0 Å². The largest absolute Gasteiger partial charge is 0.256 e. The smallest absolute Gasteiger partial charge is 0.0646 e. The molecule has 1 heterocycles. The van der Waals surface area contributed by atoms with Gasteiger partial charge in [-0.15, -0.1) is 11.6 Å². The Morgan fingerprint density at radius 3 is 2.69 bits per heavy atom. The fourth-order valence-electron chi connectivity index (χ4n) is 2.06. The molecule has 1 aliphatic rings. The normalized spacial score (nSPS) is 20.8. The molecule has 0 amide bonds. The van der Waals surface area contributed by atoms with Gasteiger partial charge < -0.3 is 0 Å². The molecule has 0 saturated heterocycles. The van der Waals surface area contributed by atoms with E-state index >= 15 is 0 Å². The van der Waals surface area contributed by atoms with Gasteiger partial charge in [0.05, 0.1) is 11.6 Å². The second-order valence-electron chi connectivity index (χ2n) is 4.22. The first kappa shape index (κ1) is 11.4. The number of aliphatic imine (C=N–C) groups is 1. The van der Waals surface area contributed by atoms with Crippen molar-refractivity contribution in [2.45, 2.75) is 26.7 Å². The van der Waals surface area contributed by atoms with Gasteiger partial charge in [-0.1, -0.05) is 29.8 Å². The highest BCUT2D eigenvalue weighted by molar-refractivity contribution is 6.19. The van der Waals surface area contributed by atoms with Crippen molar-refractivity contribution in [2.24, 2.45) is 4.99 Å². The van der Waals surface area contributed by atoms with Gasteiger partial charge in [-0.05, 0) is 37.8 Å². The summed E-state index contributed by atoms with van der Waals surface area (Å²) in [5.74, 6) is 0.505. The molecule has 1 aromatic carbocycles. The van der Waals surface area contributed by atoms with E-state index in [9.17, 15) is 0 Å². The van der Waals surface area contributed by atoms with Gasteiger partial charge in [0.25, 0.3) is 0 Å². The number of aryl methyl sites for hydroxylation is 1. The number of hydrogen-bond acceptors (Lipinski definition) is 1. The van der Waals surface area contributed by atoms with E-state index in [1.54, 1.807) is 0 Å². The van der Waals surface area contributed by atoms with Gasteiger partial charge in [0.15, 0.2) is 0 Å². The summed E-state index contributed by atoms with van der Waals surface area (Å²) in [5, 5.41) is 0. The molecular weight excluding hydrogens is 218 g/mol. The molecule has 0 bridgehead atoms. The number of rotatable bonds is 1. The Balaban J connectivity index is 2.51. The van der Waals surface area contributed by atoms with Gasteiger partial charge >= 0.3 is 0 Å². The fraction of sp³-hybridized carbons (Fsp3) is 0.357. The SMILES string of the molecule is CC1=N/C(CCl)=C(\C)CCc2ccccc21. The van der Waals surface area contributed by atoms with E-state index < -0.39 is 0 Å². The standard InChI is InChI=1S/C14H16ClN/c1-10-7-8-12-5-3-4-6-13(12)11(2)16-14(10)9-15/h3-6H,7-9H2,1-2H3/b14-10+,16-11?. The van der Waals surface area contributed by atoms with Crippen molar-refractivity contribution in [3.05, 3.63) is 46.7 Å². The van der Waals surface area contributed by atoms with E-state index in [0.717, 1.165) is 24.3 Å². The highest BCUT2D eigenvalue weighted by Gasteiger charge is 2.11. The molecule has 0 fully saturated rings. The molecule has 84 valence electrons. The lowest BCUT2D eigenvalue weighted by molar-refractivity contribution is 0.909. The maximum absolute atomic E-state index is 5.93. The average Bonchev–Trinajstić information content (AvgIpc) is 2.31. The Kier molecular flexibility index (Phi) is 3.45. The van der Waals surface area contributed by atoms with Crippen molar-refractivity contribution in [2.75, 3.05) is 5.88 Å². The van der Waals surface area contributed by atoms with Crippen LogP contribution in [0, 0.1) is 0 Å². The van der Waals surface area contributed by atoms with Gasteiger partial charge in [0.1, 0.15) is 0 Å². The van der Waals surface area contributed by atoms with Crippen LogP contribution in [0.4, 0.5) is 0 Å². The summed E-state index contributed by atoms with van der Waals surface area (Å²) in [5.41, 5.74) is 6.07. The van der Waals surface area contributed by atoms with Gasteiger partial charge in [-0.2, -0.15) is 0 Å². The minimum atomic E-state index is 0.505. The zero-order valence-electron chi connectivity index (χ0n) is 9.76. The van der Waals surface area contributed by atoms with E-state index in [2.05, 4.69) is 43.1 Å². The lowest BCUT2D eigenvalue weighted by atomic mass is 9.96. The van der Waals surface area contributed by atoms with Crippen LogP contribution in [0.25, 0.3) is 0 Å².